The fourth-order valence-electron chi connectivity index (χ4n) is 5.15. The number of anilines is 1. The molecular weight excluding hydrogens is 533 g/mol. The van der Waals surface area contributed by atoms with E-state index in [4.69, 9.17) is 11.6 Å². The van der Waals surface area contributed by atoms with Crippen LogP contribution in [0.15, 0.2) is 34.3 Å². The van der Waals surface area contributed by atoms with Gasteiger partial charge in [-0.05, 0) is 19.9 Å². The first-order valence-electron chi connectivity index (χ1n) is 11.5. The average molecular weight is 555 g/mol. The van der Waals surface area contributed by atoms with E-state index in [1.54, 1.807) is 24.9 Å². The molecule has 14 heteroatoms. The van der Waals surface area contributed by atoms with Crippen molar-refractivity contribution in [1.82, 2.24) is 24.4 Å². The number of hydrogen-bond donors (Lipinski definition) is 1. The van der Waals surface area contributed by atoms with Crippen molar-refractivity contribution in [3.05, 3.63) is 51.4 Å². The maximum atomic E-state index is 14.1. The molecule has 0 spiro atoms. The molecule has 3 atom stereocenters. The number of alkyl halides is 3. The lowest BCUT2D eigenvalue weighted by Gasteiger charge is -2.43. The maximum absolute atomic E-state index is 14.1. The van der Waals surface area contributed by atoms with Gasteiger partial charge in [0, 0.05) is 55.3 Å². The van der Waals surface area contributed by atoms with Gasteiger partial charge in [0.1, 0.15) is 5.82 Å². The Morgan fingerprint density at radius 2 is 1.89 bits per heavy atom. The first-order valence-corrected chi connectivity index (χ1v) is 12.8. The Morgan fingerprint density at radius 3 is 2.49 bits per heavy atom. The Labute approximate surface area is 218 Å². The quantitative estimate of drug-likeness (QED) is 0.499. The zero-order chi connectivity index (χ0) is 26.6. The van der Waals surface area contributed by atoms with E-state index in [0.29, 0.717) is 11.4 Å². The van der Waals surface area contributed by atoms with Gasteiger partial charge in [-0.1, -0.05) is 11.6 Å². The monoisotopic (exact) mass is 554 g/mol. The van der Waals surface area contributed by atoms with E-state index in [-0.39, 0.29) is 47.2 Å². The Morgan fingerprint density at radius 1 is 1.19 bits per heavy atom. The lowest BCUT2D eigenvalue weighted by atomic mass is 10.1. The number of hydrogen-bond acceptors (Lipinski definition) is 7. The van der Waals surface area contributed by atoms with Crippen LogP contribution in [-0.2, 0) is 12.7 Å². The highest BCUT2D eigenvalue weighted by atomic mass is 35.5. The smallest absolute Gasteiger partial charge is 0.417 e. The van der Waals surface area contributed by atoms with Crippen molar-refractivity contribution in [2.45, 2.75) is 49.5 Å². The number of thioether (sulfide) groups is 1. The summed E-state index contributed by atoms with van der Waals surface area (Å²) in [5, 5.41) is 9.23. The molecule has 1 amide bonds. The number of carboxylic acid groups (broad SMARTS) is 1. The highest BCUT2D eigenvalue weighted by molar-refractivity contribution is 7.99. The number of halogens is 4. The third-order valence-electron chi connectivity index (χ3n) is 6.72. The summed E-state index contributed by atoms with van der Waals surface area (Å²) in [7, 11) is 0. The molecule has 1 aromatic carbocycles. The van der Waals surface area contributed by atoms with Gasteiger partial charge in [0.15, 0.2) is 0 Å². The molecule has 0 bridgehead atoms. The molecule has 0 unspecified atom stereocenters. The molecule has 9 nitrogen and oxygen atoms in total. The molecule has 3 aromatic rings. The standard InChI is InChI=1S/C23H22ClF3N6O3S/c1-11-7-31(8-12(2)33(11)22(35)36)20-14-5-15(23(25,26)27)17(24)19-18(14)32(21(34)30-20)9-13(10-37-19)16-6-28-3-4-29-16/h3-6,11-13H,7-10H2,1-2H3,(H,35,36)/t11-,12+,13-/m0/s1. The van der Waals surface area contributed by atoms with E-state index in [9.17, 15) is 27.9 Å². The van der Waals surface area contributed by atoms with Crippen molar-refractivity contribution < 1.29 is 23.1 Å². The highest BCUT2D eigenvalue weighted by Crippen LogP contribution is 2.47. The summed E-state index contributed by atoms with van der Waals surface area (Å²) in [5.41, 5.74) is -0.755. The lowest BCUT2D eigenvalue weighted by molar-refractivity contribution is -0.137. The molecule has 5 rings (SSSR count). The largest absolute Gasteiger partial charge is 0.465 e. The van der Waals surface area contributed by atoms with Crippen molar-refractivity contribution in [3.63, 3.8) is 0 Å². The van der Waals surface area contributed by atoms with Crippen LogP contribution >= 0.6 is 23.4 Å². The van der Waals surface area contributed by atoms with E-state index in [1.165, 1.54) is 21.9 Å². The van der Waals surface area contributed by atoms with Crippen LogP contribution in [0, 0.1) is 0 Å². The van der Waals surface area contributed by atoms with Crippen LogP contribution in [-0.4, -0.2) is 66.5 Å². The highest BCUT2D eigenvalue weighted by Gasteiger charge is 2.39. The molecule has 0 aliphatic carbocycles. The Bertz CT molecular complexity index is 1430. The van der Waals surface area contributed by atoms with Gasteiger partial charge < -0.3 is 10.0 Å². The summed E-state index contributed by atoms with van der Waals surface area (Å²) in [6, 6.07) is 0.00243. The van der Waals surface area contributed by atoms with Crippen LogP contribution in [0.1, 0.15) is 31.0 Å². The first-order chi connectivity index (χ1) is 17.5. The summed E-state index contributed by atoms with van der Waals surface area (Å²) < 4.78 is 43.6. The van der Waals surface area contributed by atoms with E-state index in [0.717, 1.165) is 17.8 Å². The minimum atomic E-state index is -4.74. The van der Waals surface area contributed by atoms with E-state index >= 15 is 0 Å². The molecule has 37 heavy (non-hydrogen) atoms. The van der Waals surface area contributed by atoms with Gasteiger partial charge in [0.25, 0.3) is 0 Å². The third kappa shape index (κ3) is 4.48. The fraction of sp³-hybridized carbons (Fsp3) is 0.435. The molecule has 1 N–H and O–H groups in total. The zero-order valence-electron chi connectivity index (χ0n) is 19.7. The van der Waals surface area contributed by atoms with E-state index < -0.39 is 40.6 Å². The van der Waals surface area contributed by atoms with Crippen LogP contribution in [0.3, 0.4) is 0 Å². The van der Waals surface area contributed by atoms with Crippen molar-refractivity contribution in [2.75, 3.05) is 23.7 Å². The Hall–Kier alpha value is -3.06. The Kier molecular flexibility index (Phi) is 6.47. The molecule has 0 saturated carbocycles. The number of aromatic nitrogens is 4. The predicted octanol–water partition coefficient (Wildman–Crippen LogP) is 4.33. The minimum Gasteiger partial charge on any atom is -0.465 e. The van der Waals surface area contributed by atoms with Gasteiger partial charge in [0.2, 0.25) is 0 Å². The topological polar surface area (TPSA) is 104 Å². The van der Waals surface area contributed by atoms with Gasteiger partial charge >= 0.3 is 18.0 Å². The summed E-state index contributed by atoms with van der Waals surface area (Å²) >= 11 is 7.48. The number of amides is 1. The van der Waals surface area contributed by atoms with Gasteiger partial charge in [0.05, 0.1) is 38.8 Å². The molecule has 196 valence electrons. The molecule has 0 radical (unpaired) electrons. The van der Waals surface area contributed by atoms with E-state index in [2.05, 4.69) is 15.0 Å². The van der Waals surface area contributed by atoms with E-state index in [1.807, 2.05) is 0 Å². The number of piperazine rings is 1. The normalized spacial score (nSPS) is 22.3. The average Bonchev–Trinajstić information content (AvgIpc) is 3.03. The van der Waals surface area contributed by atoms with Crippen molar-refractivity contribution >= 4 is 46.2 Å². The van der Waals surface area contributed by atoms with Crippen LogP contribution in [0.4, 0.5) is 23.8 Å². The first kappa shape index (κ1) is 25.6. The number of carbonyl (C=O) groups is 1. The van der Waals surface area contributed by atoms with Gasteiger partial charge in [-0.2, -0.15) is 18.2 Å². The second-order valence-corrected chi connectivity index (χ2v) is 10.6. The third-order valence-corrected chi connectivity index (χ3v) is 8.48. The number of nitrogens with zero attached hydrogens (tertiary/aromatic N) is 6. The summed E-state index contributed by atoms with van der Waals surface area (Å²) in [5.74, 6) is 0.0996. The van der Waals surface area contributed by atoms with Crippen molar-refractivity contribution in [1.29, 1.82) is 0 Å². The SMILES string of the molecule is C[C@@H]1CN(c2nc(=O)n3c4c(c(Cl)c(C(F)(F)F)cc24)SC[C@@H](c2cnccn2)C3)C[C@H](C)N1C(=O)O. The molecule has 1 fully saturated rings. The number of benzene rings is 1. The fourth-order valence-corrected chi connectivity index (χ4v) is 6.80. The molecule has 2 aromatic heterocycles. The van der Waals surface area contributed by atoms with Crippen LogP contribution in [0.25, 0.3) is 10.9 Å². The second-order valence-electron chi connectivity index (χ2n) is 9.22. The van der Waals surface area contributed by atoms with Gasteiger partial charge in [-0.25, -0.2) is 9.59 Å². The number of rotatable bonds is 2. The van der Waals surface area contributed by atoms with Crippen LogP contribution in [0.5, 0.6) is 0 Å². The Balaban J connectivity index is 1.72. The maximum Gasteiger partial charge on any atom is 0.417 e. The van der Waals surface area contributed by atoms with Gasteiger partial charge in [-0.3, -0.25) is 19.4 Å². The molecular formula is C23H22ClF3N6O3S. The predicted molar refractivity (Wildman–Crippen MR) is 133 cm³/mol. The zero-order valence-corrected chi connectivity index (χ0v) is 21.3. The van der Waals surface area contributed by atoms with Crippen molar-refractivity contribution in [3.8, 4) is 0 Å². The molecule has 2 aliphatic heterocycles. The van der Waals surface area contributed by atoms with Crippen LogP contribution in [0.2, 0.25) is 5.02 Å². The molecule has 4 heterocycles. The summed E-state index contributed by atoms with van der Waals surface area (Å²) in [6.07, 6.45) is -1.22. The molecule has 1 saturated heterocycles. The van der Waals surface area contributed by atoms with Crippen LogP contribution < -0.4 is 10.6 Å². The van der Waals surface area contributed by atoms with Gasteiger partial charge in [-0.15, -0.1) is 11.8 Å². The molecule has 2 aliphatic rings. The summed E-state index contributed by atoms with van der Waals surface area (Å²) in [6.45, 7) is 3.88. The van der Waals surface area contributed by atoms with Crippen molar-refractivity contribution in [2.24, 2.45) is 0 Å². The minimum absolute atomic E-state index is 0.0851. The second kappa shape index (κ2) is 9.35. The summed E-state index contributed by atoms with van der Waals surface area (Å²) in [4.78, 5) is 40.8. The lowest BCUT2D eigenvalue weighted by Crippen LogP contribution is -2.58.